The summed E-state index contributed by atoms with van der Waals surface area (Å²) < 4.78 is 22.0. The third-order valence-corrected chi connectivity index (χ3v) is 8.80. The van der Waals surface area contributed by atoms with E-state index in [1.54, 1.807) is 6.92 Å². The monoisotopic (exact) mass is 331 g/mol. The van der Waals surface area contributed by atoms with Crippen LogP contribution in [0.25, 0.3) is 0 Å². The number of aromatic nitrogens is 3. The van der Waals surface area contributed by atoms with Crippen molar-refractivity contribution in [2.45, 2.75) is 58.5 Å². The van der Waals surface area contributed by atoms with Crippen molar-refractivity contribution in [1.82, 2.24) is 14.1 Å². The van der Waals surface area contributed by atoms with Crippen LogP contribution in [-0.2, 0) is 18.0 Å². The van der Waals surface area contributed by atoms with Gasteiger partial charge in [0.15, 0.2) is 8.32 Å². The maximum Gasteiger partial charge on any atom is 0.353 e. The molecule has 0 aliphatic heterocycles. The summed E-state index contributed by atoms with van der Waals surface area (Å²) in [5.74, 6) is 0.305. The van der Waals surface area contributed by atoms with Crippen molar-refractivity contribution in [3.8, 4) is 0 Å². The molecule has 1 aromatic rings. The second-order valence-electron chi connectivity index (χ2n) is 7.06. The van der Waals surface area contributed by atoms with Crippen LogP contribution in [0.3, 0.4) is 0 Å². The average molecular weight is 331 g/mol. The van der Waals surface area contributed by atoms with Crippen LogP contribution < -0.4 is 11.4 Å². The summed E-state index contributed by atoms with van der Waals surface area (Å²) in [5, 5.41) is -0.0227. The third-order valence-electron chi connectivity index (χ3n) is 4.30. The number of nitrogens with zero attached hydrogens (tertiary/aromatic N) is 3. The van der Waals surface area contributed by atoms with Gasteiger partial charge in [0.2, 0.25) is 0 Å². The third kappa shape index (κ3) is 4.13. The molecule has 0 spiro atoms. The summed E-state index contributed by atoms with van der Waals surface area (Å²) in [6.07, 6.45) is -1.43. The lowest BCUT2D eigenvalue weighted by Gasteiger charge is -2.36. The highest BCUT2D eigenvalue weighted by molar-refractivity contribution is 6.74. The lowest BCUT2D eigenvalue weighted by molar-refractivity contribution is 0.162. The zero-order chi connectivity index (χ0) is 17.3. The summed E-state index contributed by atoms with van der Waals surface area (Å²) in [5.41, 5.74) is -1.29. The van der Waals surface area contributed by atoms with Crippen molar-refractivity contribution in [2.24, 2.45) is 7.05 Å². The van der Waals surface area contributed by atoms with Gasteiger partial charge in [-0.1, -0.05) is 20.8 Å². The van der Waals surface area contributed by atoms with Crippen LogP contribution in [-0.4, -0.2) is 35.2 Å². The Morgan fingerprint density at radius 1 is 1.32 bits per heavy atom. The normalized spacial score (nSPS) is 14.2. The van der Waals surface area contributed by atoms with Gasteiger partial charge in [-0.15, -0.1) is 0 Å². The van der Waals surface area contributed by atoms with Crippen molar-refractivity contribution in [3.05, 3.63) is 26.8 Å². The smallest absolute Gasteiger partial charge is 0.353 e. The van der Waals surface area contributed by atoms with Crippen LogP contribution in [0.1, 0.15) is 26.6 Å². The van der Waals surface area contributed by atoms with E-state index in [0.717, 1.165) is 4.57 Å². The van der Waals surface area contributed by atoms with E-state index in [1.165, 1.54) is 11.6 Å². The first-order chi connectivity index (χ1) is 9.86. The minimum absolute atomic E-state index is 0.0227. The highest BCUT2D eigenvalue weighted by atomic mass is 28.4. The van der Waals surface area contributed by atoms with E-state index in [-0.39, 0.29) is 18.2 Å². The van der Waals surface area contributed by atoms with E-state index in [1.807, 2.05) is 13.1 Å². The van der Waals surface area contributed by atoms with Gasteiger partial charge in [-0.3, -0.25) is 4.57 Å². The van der Waals surface area contributed by atoms with Gasteiger partial charge in [-0.25, -0.2) is 18.5 Å². The minimum atomic E-state index is -2.06. The van der Waals surface area contributed by atoms with Gasteiger partial charge in [0.05, 0.1) is 13.2 Å². The predicted octanol–water partition coefficient (Wildman–Crippen LogP) is 1.61. The number of halogens is 1. The number of hydrogen-bond donors (Lipinski definition) is 0. The van der Waals surface area contributed by atoms with Gasteiger partial charge < -0.3 is 4.43 Å². The zero-order valence-electron chi connectivity index (χ0n) is 14.4. The molecule has 0 N–H and O–H groups in total. The molecule has 0 unspecified atom stereocenters. The fourth-order valence-electron chi connectivity index (χ4n) is 1.60. The Labute approximate surface area is 131 Å². The molecule has 1 heterocycles. The van der Waals surface area contributed by atoms with E-state index in [4.69, 9.17) is 4.43 Å². The van der Waals surface area contributed by atoms with Gasteiger partial charge >= 0.3 is 11.4 Å². The van der Waals surface area contributed by atoms with Crippen LogP contribution in [0.2, 0.25) is 18.1 Å². The number of hydrogen-bond acceptors (Lipinski definition) is 4. The van der Waals surface area contributed by atoms with E-state index in [2.05, 4.69) is 25.8 Å². The Balaban J connectivity index is 2.84. The molecule has 0 aliphatic rings. The quantitative estimate of drug-likeness (QED) is 0.769. The van der Waals surface area contributed by atoms with E-state index in [9.17, 15) is 14.0 Å². The molecule has 0 saturated heterocycles. The summed E-state index contributed by atoms with van der Waals surface area (Å²) >= 11 is 0. The molecule has 1 aromatic heterocycles. The average Bonchev–Trinajstić information content (AvgIpc) is 2.37. The lowest BCUT2D eigenvalue weighted by Crippen LogP contribution is -2.46. The topological polar surface area (TPSA) is 66.1 Å². The van der Waals surface area contributed by atoms with Crippen LogP contribution >= 0.6 is 0 Å². The standard InChI is InChI=1S/C14H26FN3O3Si/c1-10-16-12(19)18(13(20)17(10)5)8-11(15)9-21-22(6,7)14(2,3)4/h11H,8-9H2,1-7H3/t11-/m1/s1. The molecule has 0 aromatic carbocycles. The molecule has 6 nitrogen and oxygen atoms in total. The van der Waals surface area contributed by atoms with Crippen LogP contribution in [0.4, 0.5) is 4.39 Å². The molecule has 1 atom stereocenters. The van der Waals surface area contributed by atoms with Gasteiger partial charge in [0.1, 0.15) is 12.0 Å². The Morgan fingerprint density at radius 3 is 2.36 bits per heavy atom. The van der Waals surface area contributed by atoms with Crippen molar-refractivity contribution >= 4 is 8.32 Å². The van der Waals surface area contributed by atoms with Crippen molar-refractivity contribution in [3.63, 3.8) is 0 Å². The number of aryl methyl sites for hydroxylation is 1. The SMILES string of the molecule is Cc1nc(=O)n(C[C@@H](F)CO[Si](C)(C)C(C)(C)C)c(=O)n1C. The highest BCUT2D eigenvalue weighted by Crippen LogP contribution is 2.36. The molecule has 0 aliphatic carbocycles. The van der Waals surface area contributed by atoms with Gasteiger partial charge in [-0.2, -0.15) is 4.98 Å². The molecule has 1 rings (SSSR count). The molecule has 8 heteroatoms. The maximum absolute atomic E-state index is 14.2. The fourth-order valence-corrected chi connectivity index (χ4v) is 2.63. The second kappa shape index (κ2) is 6.45. The number of alkyl halides is 1. The first-order valence-corrected chi connectivity index (χ1v) is 10.2. The number of rotatable bonds is 5. The highest BCUT2D eigenvalue weighted by Gasteiger charge is 2.37. The minimum Gasteiger partial charge on any atom is -0.414 e. The molecular weight excluding hydrogens is 305 g/mol. The van der Waals surface area contributed by atoms with Gasteiger partial charge in [-0.05, 0) is 25.1 Å². The van der Waals surface area contributed by atoms with Crippen LogP contribution in [0.5, 0.6) is 0 Å². The molecule has 22 heavy (non-hydrogen) atoms. The lowest BCUT2D eigenvalue weighted by atomic mass is 10.2. The van der Waals surface area contributed by atoms with Crippen molar-refractivity contribution in [1.29, 1.82) is 0 Å². The first-order valence-electron chi connectivity index (χ1n) is 7.29. The molecule has 0 radical (unpaired) electrons. The maximum atomic E-state index is 14.2. The summed E-state index contributed by atoms with van der Waals surface area (Å²) in [6.45, 7) is 11.3. The Kier molecular flexibility index (Phi) is 5.50. The van der Waals surface area contributed by atoms with Crippen LogP contribution in [0, 0.1) is 6.92 Å². The molecular formula is C14H26FN3O3Si. The zero-order valence-corrected chi connectivity index (χ0v) is 15.4. The van der Waals surface area contributed by atoms with E-state index in [0.29, 0.717) is 5.82 Å². The molecule has 0 saturated carbocycles. The Hall–Kier alpha value is -1.28. The van der Waals surface area contributed by atoms with Crippen molar-refractivity contribution < 1.29 is 8.82 Å². The van der Waals surface area contributed by atoms with Gasteiger partial charge in [0, 0.05) is 7.05 Å². The first kappa shape index (κ1) is 18.8. The summed E-state index contributed by atoms with van der Waals surface area (Å²) in [4.78, 5) is 27.4. The second-order valence-corrected chi connectivity index (χ2v) is 11.9. The van der Waals surface area contributed by atoms with Crippen LogP contribution in [0.15, 0.2) is 9.59 Å². The largest absolute Gasteiger partial charge is 0.414 e. The van der Waals surface area contributed by atoms with E-state index >= 15 is 0 Å². The molecule has 0 amide bonds. The molecule has 0 fully saturated rings. The van der Waals surface area contributed by atoms with Gasteiger partial charge in [0.25, 0.3) is 0 Å². The molecule has 126 valence electrons. The Morgan fingerprint density at radius 2 is 1.86 bits per heavy atom. The summed E-state index contributed by atoms with van der Waals surface area (Å²) in [7, 11) is -0.558. The fraction of sp³-hybridized carbons (Fsp3) is 0.786. The van der Waals surface area contributed by atoms with E-state index < -0.39 is 25.9 Å². The predicted molar refractivity (Wildman–Crippen MR) is 86.5 cm³/mol. The van der Waals surface area contributed by atoms with Crippen molar-refractivity contribution in [2.75, 3.05) is 6.61 Å². The Bertz CT molecular complexity index is 646. The summed E-state index contributed by atoms with van der Waals surface area (Å²) in [6, 6.07) is 0. The molecule has 0 bridgehead atoms.